The Balaban J connectivity index is 2.01. The largest absolute Gasteiger partial charge is 0.385 e. The molecule has 1 aromatic carbocycles. The molecule has 2 atom stereocenters. The van der Waals surface area contributed by atoms with Crippen molar-refractivity contribution in [1.29, 1.82) is 0 Å². The molecule has 0 saturated heterocycles. The van der Waals surface area contributed by atoms with Crippen LogP contribution in [-0.2, 0) is 5.60 Å². The summed E-state index contributed by atoms with van der Waals surface area (Å²) in [6, 6.07) is 8.61. The number of benzene rings is 1. The Morgan fingerprint density at radius 1 is 1.12 bits per heavy atom. The highest BCUT2D eigenvalue weighted by molar-refractivity contribution is 5.37. The van der Waals surface area contributed by atoms with Gasteiger partial charge in [-0.05, 0) is 55.1 Å². The Labute approximate surface area is 104 Å². The molecule has 0 spiro atoms. The third-order valence-corrected chi connectivity index (χ3v) is 4.98. The van der Waals surface area contributed by atoms with Gasteiger partial charge >= 0.3 is 0 Å². The maximum Gasteiger partial charge on any atom is 0.0924 e. The van der Waals surface area contributed by atoms with Gasteiger partial charge in [0.05, 0.1) is 5.60 Å². The highest BCUT2D eigenvalue weighted by Crippen LogP contribution is 2.48. The molecule has 2 unspecified atom stereocenters. The molecule has 2 fully saturated rings. The Morgan fingerprint density at radius 3 is 2.47 bits per heavy atom. The quantitative estimate of drug-likeness (QED) is 0.815. The van der Waals surface area contributed by atoms with E-state index < -0.39 is 5.60 Å². The molecule has 1 heteroatoms. The molecule has 3 rings (SSSR count). The summed E-state index contributed by atoms with van der Waals surface area (Å²) >= 11 is 0. The summed E-state index contributed by atoms with van der Waals surface area (Å²) in [7, 11) is 0. The van der Waals surface area contributed by atoms with Crippen LogP contribution >= 0.6 is 0 Å². The first-order chi connectivity index (χ1) is 8.22. The lowest BCUT2D eigenvalue weighted by molar-refractivity contribution is 0.00299. The zero-order chi connectivity index (χ0) is 11.9. The molecular weight excluding hydrogens is 208 g/mol. The van der Waals surface area contributed by atoms with Gasteiger partial charge in [0.2, 0.25) is 0 Å². The number of hydrogen-bond acceptors (Lipinski definition) is 1. The lowest BCUT2D eigenvalue weighted by atomic mass is 9.73. The van der Waals surface area contributed by atoms with E-state index in [0.29, 0.717) is 11.8 Å². The first kappa shape index (κ1) is 11.3. The van der Waals surface area contributed by atoms with Crippen LogP contribution in [0, 0.1) is 5.92 Å². The SMILES string of the molecule is CC1CCCC1(O)c1ccccc1C1CCC1. The van der Waals surface area contributed by atoms with E-state index in [4.69, 9.17) is 0 Å². The van der Waals surface area contributed by atoms with Crippen LogP contribution in [0.3, 0.4) is 0 Å². The van der Waals surface area contributed by atoms with E-state index in [1.54, 1.807) is 0 Å². The number of rotatable bonds is 2. The Bertz CT molecular complexity index is 408. The summed E-state index contributed by atoms with van der Waals surface area (Å²) in [5, 5.41) is 11.0. The van der Waals surface area contributed by atoms with E-state index in [-0.39, 0.29) is 0 Å². The zero-order valence-electron chi connectivity index (χ0n) is 10.7. The van der Waals surface area contributed by atoms with Crippen molar-refractivity contribution < 1.29 is 5.11 Å². The number of hydrogen-bond donors (Lipinski definition) is 1. The summed E-state index contributed by atoms with van der Waals surface area (Å²) in [5.74, 6) is 1.12. The average molecular weight is 230 g/mol. The second-order valence-corrected chi connectivity index (χ2v) is 5.93. The maximum atomic E-state index is 11.0. The fourth-order valence-electron chi connectivity index (χ4n) is 3.53. The smallest absolute Gasteiger partial charge is 0.0924 e. The van der Waals surface area contributed by atoms with Gasteiger partial charge in [-0.3, -0.25) is 0 Å². The molecule has 0 bridgehead atoms. The lowest BCUT2D eigenvalue weighted by Gasteiger charge is -2.35. The summed E-state index contributed by atoms with van der Waals surface area (Å²) in [5.41, 5.74) is 2.11. The third kappa shape index (κ3) is 1.72. The summed E-state index contributed by atoms with van der Waals surface area (Å²) in [4.78, 5) is 0. The van der Waals surface area contributed by atoms with Crippen LogP contribution in [0.15, 0.2) is 24.3 Å². The zero-order valence-corrected chi connectivity index (χ0v) is 10.7. The van der Waals surface area contributed by atoms with Gasteiger partial charge in [-0.15, -0.1) is 0 Å². The second kappa shape index (κ2) is 4.13. The minimum atomic E-state index is -0.549. The van der Waals surface area contributed by atoms with Crippen molar-refractivity contribution in [2.75, 3.05) is 0 Å². The van der Waals surface area contributed by atoms with Gasteiger partial charge in [0, 0.05) is 0 Å². The van der Waals surface area contributed by atoms with Gasteiger partial charge in [0.15, 0.2) is 0 Å². The van der Waals surface area contributed by atoms with Crippen molar-refractivity contribution in [3.63, 3.8) is 0 Å². The Morgan fingerprint density at radius 2 is 1.88 bits per heavy atom. The van der Waals surface area contributed by atoms with Gasteiger partial charge in [0.1, 0.15) is 0 Å². The van der Waals surface area contributed by atoms with Crippen LogP contribution in [0.1, 0.15) is 62.5 Å². The van der Waals surface area contributed by atoms with E-state index in [0.717, 1.165) is 19.3 Å². The van der Waals surface area contributed by atoms with Gasteiger partial charge < -0.3 is 5.11 Å². The monoisotopic (exact) mass is 230 g/mol. The minimum Gasteiger partial charge on any atom is -0.385 e. The molecule has 2 aliphatic carbocycles. The highest BCUT2D eigenvalue weighted by Gasteiger charge is 2.42. The Kier molecular flexibility index (Phi) is 2.74. The van der Waals surface area contributed by atoms with E-state index in [2.05, 4.69) is 31.2 Å². The van der Waals surface area contributed by atoms with Crippen molar-refractivity contribution in [3.8, 4) is 0 Å². The van der Waals surface area contributed by atoms with Gasteiger partial charge in [-0.25, -0.2) is 0 Å². The van der Waals surface area contributed by atoms with E-state index in [1.165, 1.54) is 30.4 Å². The van der Waals surface area contributed by atoms with Gasteiger partial charge in [0.25, 0.3) is 0 Å². The third-order valence-electron chi connectivity index (χ3n) is 4.98. The standard InChI is InChI=1S/C16H22O/c1-12-6-5-11-16(12,17)15-10-3-2-9-14(15)13-7-4-8-13/h2-3,9-10,12-13,17H,4-8,11H2,1H3. The average Bonchev–Trinajstić information content (AvgIpc) is 2.59. The molecule has 17 heavy (non-hydrogen) atoms. The van der Waals surface area contributed by atoms with Crippen LogP contribution in [0.2, 0.25) is 0 Å². The highest BCUT2D eigenvalue weighted by atomic mass is 16.3. The summed E-state index contributed by atoms with van der Waals surface area (Å²) in [6.45, 7) is 2.20. The minimum absolute atomic E-state index is 0.406. The van der Waals surface area contributed by atoms with Crippen LogP contribution in [0.5, 0.6) is 0 Å². The molecule has 92 valence electrons. The molecular formula is C16H22O. The predicted molar refractivity (Wildman–Crippen MR) is 69.9 cm³/mol. The Hall–Kier alpha value is -0.820. The molecule has 0 aromatic heterocycles. The van der Waals surface area contributed by atoms with E-state index in [1.807, 2.05) is 0 Å². The number of aliphatic hydroxyl groups is 1. The fraction of sp³-hybridized carbons (Fsp3) is 0.625. The topological polar surface area (TPSA) is 20.2 Å². The molecule has 0 aliphatic heterocycles. The molecule has 1 aromatic rings. The molecule has 0 heterocycles. The second-order valence-electron chi connectivity index (χ2n) is 5.93. The van der Waals surface area contributed by atoms with E-state index in [9.17, 15) is 5.11 Å². The van der Waals surface area contributed by atoms with Crippen LogP contribution in [0.25, 0.3) is 0 Å². The molecule has 2 aliphatic rings. The van der Waals surface area contributed by atoms with Gasteiger partial charge in [-0.2, -0.15) is 0 Å². The fourth-order valence-corrected chi connectivity index (χ4v) is 3.53. The van der Waals surface area contributed by atoms with Crippen LogP contribution in [0.4, 0.5) is 0 Å². The molecule has 1 N–H and O–H groups in total. The predicted octanol–water partition coefficient (Wildman–Crippen LogP) is 3.96. The van der Waals surface area contributed by atoms with Gasteiger partial charge in [-0.1, -0.05) is 37.6 Å². The van der Waals surface area contributed by atoms with Crippen molar-refractivity contribution >= 4 is 0 Å². The van der Waals surface area contributed by atoms with Crippen LogP contribution < -0.4 is 0 Å². The summed E-state index contributed by atoms with van der Waals surface area (Å²) in [6.07, 6.45) is 7.24. The van der Waals surface area contributed by atoms with Crippen molar-refractivity contribution in [3.05, 3.63) is 35.4 Å². The molecule has 1 nitrogen and oxygen atoms in total. The maximum absolute atomic E-state index is 11.0. The van der Waals surface area contributed by atoms with E-state index >= 15 is 0 Å². The first-order valence-corrected chi connectivity index (χ1v) is 7.03. The van der Waals surface area contributed by atoms with Crippen molar-refractivity contribution in [1.82, 2.24) is 0 Å². The first-order valence-electron chi connectivity index (χ1n) is 7.03. The van der Waals surface area contributed by atoms with Crippen molar-refractivity contribution in [2.45, 2.75) is 57.0 Å². The molecule has 0 radical (unpaired) electrons. The van der Waals surface area contributed by atoms with Crippen molar-refractivity contribution in [2.24, 2.45) is 5.92 Å². The molecule has 2 saturated carbocycles. The molecule has 0 amide bonds. The normalized spacial score (nSPS) is 33.6. The lowest BCUT2D eigenvalue weighted by Crippen LogP contribution is -2.31. The summed E-state index contributed by atoms with van der Waals surface area (Å²) < 4.78 is 0. The van der Waals surface area contributed by atoms with Crippen LogP contribution in [-0.4, -0.2) is 5.11 Å².